The van der Waals surface area contributed by atoms with Gasteiger partial charge in [-0.05, 0) is 24.1 Å². The lowest BCUT2D eigenvalue weighted by Crippen LogP contribution is -2.55. The highest BCUT2D eigenvalue weighted by molar-refractivity contribution is 5.69. The first-order valence-corrected chi connectivity index (χ1v) is 13.2. The number of anilines is 2. The molecule has 5 rings (SSSR count). The Hall–Kier alpha value is -4.53. The van der Waals surface area contributed by atoms with Gasteiger partial charge in [-0.3, -0.25) is 0 Å². The first kappa shape index (κ1) is 28.0. The van der Waals surface area contributed by atoms with Crippen LogP contribution in [0.15, 0.2) is 54.6 Å². The number of ether oxygens (including phenoxy) is 2. The van der Waals surface area contributed by atoms with Gasteiger partial charge >= 0.3 is 18.3 Å². The lowest BCUT2D eigenvalue weighted by molar-refractivity contribution is -0.137. The standard InChI is InChI=1S/C29H29F3N6O3/c1-40-27-34-24-18-36(25-10-6-5-9-23(25)29(30,31)32)14-12-22(24)26(35-27)37-15-16-38(21(17-37)11-13-33)28(39)41-19-20-7-3-2-4-8-20/h2-10,21H,11-12,14-19H2,1H3. The van der Waals surface area contributed by atoms with Gasteiger partial charge in [-0.15, -0.1) is 0 Å². The zero-order chi connectivity index (χ0) is 29.0. The van der Waals surface area contributed by atoms with E-state index in [-0.39, 0.29) is 31.3 Å². The minimum Gasteiger partial charge on any atom is -0.467 e. The maximum absolute atomic E-state index is 13.7. The predicted octanol–water partition coefficient (Wildman–Crippen LogP) is 4.81. The molecule has 1 unspecified atom stereocenters. The number of methoxy groups -OCH3 is 1. The number of carbonyl (C=O) groups excluding carboxylic acids is 1. The molecule has 9 nitrogen and oxygen atoms in total. The summed E-state index contributed by atoms with van der Waals surface area (Å²) < 4.78 is 52.0. The molecule has 1 fully saturated rings. The number of aromatic nitrogens is 2. The van der Waals surface area contributed by atoms with E-state index in [2.05, 4.69) is 16.0 Å². The number of amides is 1. The van der Waals surface area contributed by atoms with Crippen molar-refractivity contribution in [1.29, 1.82) is 5.26 Å². The number of nitriles is 1. The van der Waals surface area contributed by atoms with E-state index in [0.717, 1.165) is 17.2 Å². The molecule has 2 aromatic carbocycles. The number of benzene rings is 2. The fraction of sp³-hybridized carbons (Fsp3) is 0.379. The number of para-hydroxylation sites is 1. The van der Waals surface area contributed by atoms with Gasteiger partial charge in [0.15, 0.2) is 0 Å². The normalized spacial score (nSPS) is 17.0. The van der Waals surface area contributed by atoms with Gasteiger partial charge in [0.1, 0.15) is 12.4 Å². The second-order valence-corrected chi connectivity index (χ2v) is 9.84. The van der Waals surface area contributed by atoms with E-state index < -0.39 is 23.9 Å². The highest BCUT2D eigenvalue weighted by Gasteiger charge is 2.37. The Balaban J connectivity index is 1.36. The second-order valence-electron chi connectivity index (χ2n) is 9.84. The van der Waals surface area contributed by atoms with Crippen molar-refractivity contribution in [2.75, 3.05) is 43.1 Å². The van der Waals surface area contributed by atoms with Gasteiger partial charge in [0.2, 0.25) is 0 Å². The van der Waals surface area contributed by atoms with E-state index in [9.17, 15) is 23.2 Å². The van der Waals surface area contributed by atoms with Crippen LogP contribution in [0.3, 0.4) is 0 Å². The molecular formula is C29H29F3N6O3. The van der Waals surface area contributed by atoms with Crippen molar-refractivity contribution in [1.82, 2.24) is 14.9 Å². The molecule has 2 aliphatic heterocycles. The number of halogens is 3. The summed E-state index contributed by atoms with van der Waals surface area (Å²) in [5.74, 6) is 0.607. The Bertz CT molecular complexity index is 1430. The van der Waals surface area contributed by atoms with E-state index >= 15 is 0 Å². The van der Waals surface area contributed by atoms with Crippen LogP contribution in [0.4, 0.5) is 29.5 Å². The molecule has 3 aromatic rings. The van der Waals surface area contributed by atoms with E-state index in [4.69, 9.17) is 9.47 Å². The highest BCUT2D eigenvalue weighted by atomic mass is 19.4. The Kier molecular flexibility index (Phi) is 8.14. The average Bonchev–Trinajstić information content (AvgIpc) is 2.99. The molecule has 0 N–H and O–H groups in total. The molecule has 2 aliphatic rings. The summed E-state index contributed by atoms with van der Waals surface area (Å²) in [7, 11) is 1.43. The van der Waals surface area contributed by atoms with Crippen LogP contribution in [-0.2, 0) is 30.5 Å². The molecule has 1 aromatic heterocycles. The Morgan fingerprint density at radius 3 is 2.54 bits per heavy atom. The quantitative estimate of drug-likeness (QED) is 0.420. The van der Waals surface area contributed by atoms with E-state index in [1.165, 1.54) is 19.2 Å². The summed E-state index contributed by atoms with van der Waals surface area (Å²) >= 11 is 0. The molecule has 0 aliphatic carbocycles. The summed E-state index contributed by atoms with van der Waals surface area (Å²) in [5.41, 5.74) is 1.67. The highest BCUT2D eigenvalue weighted by Crippen LogP contribution is 2.39. The fourth-order valence-corrected chi connectivity index (χ4v) is 5.31. The van der Waals surface area contributed by atoms with Gasteiger partial charge in [-0.1, -0.05) is 42.5 Å². The van der Waals surface area contributed by atoms with Crippen molar-refractivity contribution in [3.05, 3.63) is 77.0 Å². The van der Waals surface area contributed by atoms with Crippen molar-refractivity contribution in [2.45, 2.75) is 38.2 Å². The molecule has 12 heteroatoms. The van der Waals surface area contributed by atoms with Crippen molar-refractivity contribution < 1.29 is 27.4 Å². The maximum atomic E-state index is 13.7. The molecule has 41 heavy (non-hydrogen) atoms. The number of hydrogen-bond donors (Lipinski definition) is 0. The van der Waals surface area contributed by atoms with Crippen LogP contribution in [0.1, 0.15) is 28.8 Å². The molecule has 3 heterocycles. The van der Waals surface area contributed by atoms with Crippen LogP contribution in [0.5, 0.6) is 6.01 Å². The first-order chi connectivity index (χ1) is 19.8. The molecule has 0 bridgehead atoms. The molecule has 0 saturated carbocycles. The Morgan fingerprint density at radius 1 is 1.05 bits per heavy atom. The molecule has 0 radical (unpaired) electrons. The summed E-state index contributed by atoms with van der Waals surface area (Å²) in [6, 6.07) is 16.7. The Morgan fingerprint density at radius 2 is 1.80 bits per heavy atom. The van der Waals surface area contributed by atoms with Crippen LogP contribution in [-0.4, -0.2) is 60.3 Å². The number of nitrogens with zero attached hydrogens (tertiary/aromatic N) is 6. The topological polar surface area (TPSA) is 94.8 Å². The van der Waals surface area contributed by atoms with E-state index in [1.54, 1.807) is 15.9 Å². The molecule has 0 spiro atoms. The fourth-order valence-electron chi connectivity index (χ4n) is 5.31. The monoisotopic (exact) mass is 566 g/mol. The van der Waals surface area contributed by atoms with Crippen molar-refractivity contribution in [3.63, 3.8) is 0 Å². The number of fused-ring (bicyclic) bond motifs is 1. The van der Waals surface area contributed by atoms with Crippen LogP contribution < -0.4 is 14.5 Å². The maximum Gasteiger partial charge on any atom is 0.418 e. The van der Waals surface area contributed by atoms with Gasteiger partial charge in [0, 0.05) is 37.4 Å². The largest absolute Gasteiger partial charge is 0.467 e. The van der Waals surface area contributed by atoms with Crippen LogP contribution in [0.25, 0.3) is 0 Å². The molecule has 1 amide bonds. The predicted molar refractivity (Wildman–Crippen MR) is 144 cm³/mol. The zero-order valence-electron chi connectivity index (χ0n) is 22.5. The summed E-state index contributed by atoms with van der Waals surface area (Å²) in [6.45, 7) is 1.70. The SMILES string of the molecule is COc1nc2c(c(N3CCN(C(=O)OCc4ccccc4)C(CC#N)C3)n1)CCN(c1ccccc1C(F)(F)F)C2. The van der Waals surface area contributed by atoms with Gasteiger partial charge in [0.25, 0.3) is 0 Å². The summed E-state index contributed by atoms with van der Waals surface area (Å²) in [4.78, 5) is 27.3. The van der Waals surface area contributed by atoms with Crippen LogP contribution in [0, 0.1) is 11.3 Å². The zero-order valence-corrected chi connectivity index (χ0v) is 22.5. The lowest BCUT2D eigenvalue weighted by Gasteiger charge is -2.42. The summed E-state index contributed by atoms with van der Waals surface area (Å²) in [6.07, 6.45) is -4.45. The molecule has 1 atom stereocenters. The number of rotatable bonds is 6. The number of piperazine rings is 1. The lowest BCUT2D eigenvalue weighted by atomic mass is 10.0. The van der Waals surface area contributed by atoms with Crippen molar-refractivity contribution in [2.24, 2.45) is 0 Å². The van der Waals surface area contributed by atoms with E-state index in [0.29, 0.717) is 44.1 Å². The molecular weight excluding hydrogens is 537 g/mol. The summed E-state index contributed by atoms with van der Waals surface area (Å²) in [5, 5.41) is 9.50. The number of alkyl halides is 3. The molecule has 214 valence electrons. The average molecular weight is 567 g/mol. The van der Waals surface area contributed by atoms with Gasteiger partial charge in [-0.2, -0.15) is 28.4 Å². The van der Waals surface area contributed by atoms with Gasteiger partial charge < -0.3 is 24.2 Å². The second kappa shape index (κ2) is 11.9. The third-order valence-corrected chi connectivity index (χ3v) is 7.30. The van der Waals surface area contributed by atoms with Crippen LogP contribution >= 0.6 is 0 Å². The van der Waals surface area contributed by atoms with Gasteiger partial charge in [0.05, 0.1) is 43.4 Å². The van der Waals surface area contributed by atoms with Gasteiger partial charge in [-0.25, -0.2) is 4.79 Å². The van der Waals surface area contributed by atoms with Crippen LogP contribution in [0.2, 0.25) is 0 Å². The van der Waals surface area contributed by atoms with Crippen molar-refractivity contribution >= 4 is 17.6 Å². The third kappa shape index (κ3) is 6.14. The molecule has 1 saturated heterocycles. The number of carbonyl (C=O) groups is 1. The smallest absolute Gasteiger partial charge is 0.418 e. The number of hydrogen-bond acceptors (Lipinski definition) is 8. The minimum atomic E-state index is -4.48. The minimum absolute atomic E-state index is 0.0986. The van der Waals surface area contributed by atoms with Crippen molar-refractivity contribution in [3.8, 4) is 12.1 Å². The van der Waals surface area contributed by atoms with E-state index in [1.807, 2.05) is 35.2 Å². The first-order valence-electron chi connectivity index (χ1n) is 13.2. The Labute approximate surface area is 235 Å². The third-order valence-electron chi connectivity index (χ3n) is 7.30.